The highest BCUT2D eigenvalue weighted by atomic mass is 16.6. The highest BCUT2D eigenvalue weighted by molar-refractivity contribution is 6.05. The van der Waals surface area contributed by atoms with Crippen molar-refractivity contribution < 1.29 is 23.8 Å². The molecule has 0 saturated carbocycles. The van der Waals surface area contributed by atoms with E-state index < -0.39 is 5.97 Å². The van der Waals surface area contributed by atoms with Crippen LogP contribution in [0.3, 0.4) is 0 Å². The van der Waals surface area contributed by atoms with E-state index in [1.165, 1.54) is 0 Å². The zero-order valence-electron chi connectivity index (χ0n) is 15.2. The minimum Gasteiger partial charge on any atom is -0.495 e. The third-order valence-electron chi connectivity index (χ3n) is 3.74. The lowest BCUT2D eigenvalue weighted by Gasteiger charge is -2.12. The third-order valence-corrected chi connectivity index (χ3v) is 3.74. The number of carbonyl (C=O) groups is 2. The first-order valence-corrected chi connectivity index (χ1v) is 8.40. The molecule has 0 fully saturated rings. The number of rotatable bonds is 8. The number of amides is 1. The van der Waals surface area contributed by atoms with Crippen molar-refractivity contribution in [2.24, 2.45) is 0 Å². The van der Waals surface area contributed by atoms with Crippen LogP contribution >= 0.6 is 0 Å². The van der Waals surface area contributed by atoms with Gasteiger partial charge in [0.1, 0.15) is 11.5 Å². The largest absolute Gasteiger partial charge is 0.495 e. The first kappa shape index (κ1) is 19.3. The van der Waals surface area contributed by atoms with Crippen molar-refractivity contribution in [1.82, 2.24) is 0 Å². The Hall–Kier alpha value is -3.02. The Morgan fingerprint density at radius 3 is 2.42 bits per heavy atom. The van der Waals surface area contributed by atoms with E-state index in [2.05, 4.69) is 5.32 Å². The normalized spacial score (nSPS) is 11.3. The smallest absolute Gasteiger partial charge is 0.344 e. The van der Waals surface area contributed by atoms with Gasteiger partial charge >= 0.3 is 5.97 Å². The predicted octanol–water partition coefficient (Wildman–Crippen LogP) is 3.67. The molecule has 0 aliphatic heterocycles. The van der Waals surface area contributed by atoms with Crippen molar-refractivity contribution in [3.05, 3.63) is 54.1 Å². The topological polar surface area (TPSA) is 73.9 Å². The first-order valence-electron chi connectivity index (χ1n) is 8.40. The number of benzene rings is 2. The van der Waals surface area contributed by atoms with Crippen LogP contribution in [0, 0.1) is 0 Å². The number of hydrogen-bond donors (Lipinski definition) is 1. The van der Waals surface area contributed by atoms with Crippen LogP contribution in [0.5, 0.6) is 11.5 Å². The fourth-order valence-corrected chi connectivity index (χ4v) is 2.13. The van der Waals surface area contributed by atoms with Crippen LogP contribution in [-0.2, 0) is 9.53 Å². The molecule has 2 aromatic rings. The van der Waals surface area contributed by atoms with E-state index in [1.54, 1.807) is 43.5 Å². The molecule has 0 spiro atoms. The number of carbonyl (C=O) groups excluding carboxylic acids is 2. The second-order valence-electron chi connectivity index (χ2n) is 5.68. The Bertz CT molecular complexity index is 742. The Kier molecular flexibility index (Phi) is 7.02. The fourth-order valence-electron chi connectivity index (χ4n) is 2.13. The summed E-state index contributed by atoms with van der Waals surface area (Å²) in [5.74, 6) is 0.384. The van der Waals surface area contributed by atoms with Crippen molar-refractivity contribution >= 4 is 17.6 Å². The molecule has 0 aliphatic rings. The highest BCUT2D eigenvalue weighted by Crippen LogP contribution is 2.24. The number of nitrogens with one attached hydrogen (secondary N) is 1. The molecule has 1 atom stereocenters. The van der Waals surface area contributed by atoms with E-state index >= 15 is 0 Å². The Labute approximate surface area is 153 Å². The number of methoxy groups -OCH3 is 1. The maximum absolute atomic E-state index is 12.3. The van der Waals surface area contributed by atoms with E-state index in [1.807, 2.05) is 26.0 Å². The summed E-state index contributed by atoms with van der Waals surface area (Å²) in [7, 11) is 1.55. The number of para-hydroxylation sites is 2. The van der Waals surface area contributed by atoms with Crippen molar-refractivity contribution in [2.75, 3.05) is 19.0 Å². The van der Waals surface area contributed by atoms with Crippen LogP contribution in [0.1, 0.15) is 30.6 Å². The lowest BCUT2D eigenvalue weighted by atomic mass is 10.2. The van der Waals surface area contributed by atoms with Crippen LogP contribution < -0.4 is 14.8 Å². The van der Waals surface area contributed by atoms with Crippen LogP contribution in [0.25, 0.3) is 0 Å². The van der Waals surface area contributed by atoms with Crippen molar-refractivity contribution in [3.8, 4) is 11.5 Å². The Balaban J connectivity index is 1.92. The summed E-state index contributed by atoms with van der Waals surface area (Å²) in [6.45, 7) is 3.59. The van der Waals surface area contributed by atoms with Crippen molar-refractivity contribution in [3.63, 3.8) is 0 Å². The molecule has 2 aromatic carbocycles. The number of esters is 1. The lowest BCUT2D eigenvalue weighted by molar-refractivity contribution is -0.150. The van der Waals surface area contributed by atoms with Crippen molar-refractivity contribution in [2.45, 2.75) is 26.4 Å². The van der Waals surface area contributed by atoms with Gasteiger partial charge in [-0.05, 0) is 49.7 Å². The van der Waals surface area contributed by atoms with Gasteiger partial charge in [-0.2, -0.15) is 0 Å². The second kappa shape index (κ2) is 9.46. The Morgan fingerprint density at radius 1 is 1.08 bits per heavy atom. The van der Waals surface area contributed by atoms with Gasteiger partial charge in [0.25, 0.3) is 5.91 Å². The van der Waals surface area contributed by atoms with Crippen molar-refractivity contribution in [1.29, 1.82) is 0 Å². The standard InChI is InChI=1S/C20H23NO5/c1-4-14(2)26-19(22)13-25-16-11-9-15(10-12-16)20(23)21-17-7-5-6-8-18(17)24-3/h5-12,14H,4,13H2,1-3H3,(H,21,23)/t14-/m1/s1. The van der Waals surface area contributed by atoms with Gasteiger partial charge in [0, 0.05) is 5.56 Å². The van der Waals surface area contributed by atoms with E-state index in [4.69, 9.17) is 14.2 Å². The van der Waals surface area contributed by atoms with E-state index in [-0.39, 0.29) is 18.6 Å². The molecule has 1 amide bonds. The molecule has 0 bridgehead atoms. The van der Waals surface area contributed by atoms with Gasteiger partial charge in [-0.3, -0.25) is 4.79 Å². The number of hydrogen-bond acceptors (Lipinski definition) is 5. The molecule has 6 heteroatoms. The predicted molar refractivity (Wildman–Crippen MR) is 98.7 cm³/mol. The monoisotopic (exact) mass is 357 g/mol. The minimum atomic E-state index is -0.419. The lowest BCUT2D eigenvalue weighted by Crippen LogP contribution is -2.20. The summed E-state index contributed by atoms with van der Waals surface area (Å²) in [6.07, 6.45) is 0.619. The summed E-state index contributed by atoms with van der Waals surface area (Å²) in [6, 6.07) is 13.7. The molecule has 26 heavy (non-hydrogen) atoms. The third kappa shape index (κ3) is 5.51. The van der Waals surface area contributed by atoms with Gasteiger partial charge in [-0.25, -0.2) is 4.79 Å². The second-order valence-corrected chi connectivity index (χ2v) is 5.68. The molecule has 138 valence electrons. The molecule has 0 saturated heterocycles. The molecule has 2 rings (SSSR count). The van der Waals surface area contributed by atoms with Gasteiger partial charge in [0.15, 0.2) is 6.61 Å². The van der Waals surface area contributed by atoms with Crippen LogP contribution in [0.4, 0.5) is 5.69 Å². The molecule has 0 unspecified atom stereocenters. The maximum Gasteiger partial charge on any atom is 0.344 e. The molecule has 0 heterocycles. The molecule has 0 aromatic heterocycles. The quantitative estimate of drug-likeness (QED) is 0.730. The maximum atomic E-state index is 12.3. The number of anilines is 1. The Morgan fingerprint density at radius 2 is 1.77 bits per heavy atom. The minimum absolute atomic E-state index is 0.132. The summed E-state index contributed by atoms with van der Waals surface area (Å²) in [5.41, 5.74) is 1.05. The SMILES string of the molecule is CC[C@@H](C)OC(=O)COc1ccc(C(=O)Nc2ccccc2OC)cc1. The molecular formula is C20H23NO5. The van der Waals surface area contributed by atoms with Gasteiger partial charge in [0.05, 0.1) is 18.9 Å². The molecular weight excluding hydrogens is 334 g/mol. The summed E-state index contributed by atoms with van der Waals surface area (Å²) in [5, 5.41) is 2.80. The van der Waals surface area contributed by atoms with Gasteiger partial charge in [0.2, 0.25) is 0 Å². The summed E-state index contributed by atoms with van der Waals surface area (Å²) in [4.78, 5) is 23.9. The van der Waals surface area contributed by atoms with Gasteiger partial charge in [-0.15, -0.1) is 0 Å². The van der Waals surface area contributed by atoms with Crippen LogP contribution in [0.15, 0.2) is 48.5 Å². The highest BCUT2D eigenvalue weighted by Gasteiger charge is 2.11. The van der Waals surface area contributed by atoms with E-state index in [0.717, 1.165) is 6.42 Å². The molecule has 1 N–H and O–H groups in total. The van der Waals surface area contributed by atoms with Crippen LogP contribution in [-0.4, -0.2) is 31.7 Å². The molecule has 0 radical (unpaired) electrons. The van der Waals surface area contributed by atoms with Gasteiger partial charge in [-0.1, -0.05) is 19.1 Å². The summed E-state index contributed by atoms with van der Waals surface area (Å²) < 4.78 is 15.7. The van der Waals surface area contributed by atoms with Crippen LogP contribution in [0.2, 0.25) is 0 Å². The zero-order valence-corrected chi connectivity index (χ0v) is 15.2. The fraction of sp³-hybridized carbons (Fsp3) is 0.300. The molecule has 0 aliphatic carbocycles. The molecule has 6 nitrogen and oxygen atoms in total. The van der Waals surface area contributed by atoms with E-state index in [9.17, 15) is 9.59 Å². The zero-order chi connectivity index (χ0) is 18.9. The number of ether oxygens (including phenoxy) is 3. The first-order chi connectivity index (χ1) is 12.5. The summed E-state index contributed by atoms with van der Waals surface area (Å²) >= 11 is 0. The average Bonchev–Trinajstić information content (AvgIpc) is 2.67. The van der Waals surface area contributed by atoms with E-state index in [0.29, 0.717) is 22.7 Å². The van der Waals surface area contributed by atoms with Gasteiger partial charge < -0.3 is 19.5 Å². The average molecular weight is 357 g/mol.